The highest BCUT2D eigenvalue weighted by Gasteiger charge is 2.21. The molecule has 0 bridgehead atoms. The van der Waals surface area contributed by atoms with E-state index in [1.165, 1.54) is 0 Å². The summed E-state index contributed by atoms with van der Waals surface area (Å²) in [5, 5.41) is 1.61. The van der Waals surface area contributed by atoms with E-state index in [2.05, 4.69) is 9.97 Å². The van der Waals surface area contributed by atoms with E-state index in [-0.39, 0.29) is 30.5 Å². The maximum absolute atomic E-state index is 13.3. The number of para-hydroxylation sites is 2. The van der Waals surface area contributed by atoms with Crippen molar-refractivity contribution in [2.45, 2.75) is 46.7 Å². The smallest absolute Gasteiger partial charge is 0.258 e. The lowest BCUT2D eigenvalue weighted by atomic mass is 9.99. The van der Waals surface area contributed by atoms with Crippen LogP contribution in [0.5, 0.6) is 0 Å². The molecule has 0 spiro atoms. The predicted molar refractivity (Wildman–Crippen MR) is 123 cm³/mol. The summed E-state index contributed by atoms with van der Waals surface area (Å²) >= 11 is 0. The minimum atomic E-state index is -0.192. The molecule has 0 radical (unpaired) electrons. The second kappa shape index (κ2) is 8.30. The molecule has 2 aromatic heterocycles. The second-order valence-corrected chi connectivity index (χ2v) is 8.14. The fourth-order valence-corrected chi connectivity index (χ4v) is 4.01. The van der Waals surface area contributed by atoms with Crippen molar-refractivity contribution in [3.63, 3.8) is 0 Å². The molecule has 0 aliphatic heterocycles. The molecular formula is C25H26N4O2. The number of hydrogen-bond donors (Lipinski definition) is 1. The fraction of sp³-hybridized carbons (Fsp3) is 0.280. The zero-order valence-corrected chi connectivity index (χ0v) is 18.3. The second-order valence-electron chi connectivity index (χ2n) is 8.14. The van der Waals surface area contributed by atoms with E-state index in [0.717, 1.165) is 27.7 Å². The maximum atomic E-state index is 13.3. The molecule has 6 nitrogen and oxygen atoms in total. The normalized spacial score (nSPS) is 11.4. The summed E-state index contributed by atoms with van der Waals surface area (Å²) in [5.74, 6) is 0.463. The van der Waals surface area contributed by atoms with Crippen molar-refractivity contribution in [2.75, 3.05) is 0 Å². The number of benzene rings is 2. The van der Waals surface area contributed by atoms with Gasteiger partial charge < -0.3 is 9.88 Å². The highest BCUT2D eigenvalue weighted by atomic mass is 16.2. The molecule has 0 fully saturated rings. The highest BCUT2D eigenvalue weighted by Crippen LogP contribution is 2.24. The number of amides is 1. The minimum absolute atomic E-state index is 0.0194. The number of aromatic amines is 1. The summed E-state index contributed by atoms with van der Waals surface area (Å²) in [6.07, 6.45) is 0.255. The van der Waals surface area contributed by atoms with Gasteiger partial charge in [-0.2, -0.15) is 0 Å². The summed E-state index contributed by atoms with van der Waals surface area (Å²) in [6, 6.07) is 15.2. The first-order valence-electron chi connectivity index (χ1n) is 10.5. The third kappa shape index (κ3) is 4.06. The third-order valence-electron chi connectivity index (χ3n) is 5.74. The van der Waals surface area contributed by atoms with Crippen molar-refractivity contribution < 1.29 is 4.79 Å². The molecule has 6 heteroatoms. The minimum Gasteiger partial charge on any atom is -0.333 e. The van der Waals surface area contributed by atoms with E-state index < -0.39 is 0 Å². The Hall–Kier alpha value is -3.54. The van der Waals surface area contributed by atoms with E-state index in [1.54, 1.807) is 11.0 Å². The van der Waals surface area contributed by atoms with Crippen molar-refractivity contribution in [3.8, 4) is 0 Å². The van der Waals surface area contributed by atoms with Crippen LogP contribution in [0, 0.1) is 13.8 Å². The number of aromatic nitrogens is 3. The van der Waals surface area contributed by atoms with Gasteiger partial charge in [0.15, 0.2) is 0 Å². The number of pyridine rings is 1. The summed E-state index contributed by atoms with van der Waals surface area (Å²) in [5.41, 5.74) is 4.27. The van der Waals surface area contributed by atoms with E-state index in [9.17, 15) is 9.59 Å². The number of fused-ring (bicyclic) bond motifs is 2. The lowest BCUT2D eigenvalue weighted by molar-refractivity contribution is -0.133. The lowest BCUT2D eigenvalue weighted by Crippen LogP contribution is -2.38. The molecule has 2 heterocycles. The Labute approximate surface area is 181 Å². The van der Waals surface area contributed by atoms with Gasteiger partial charge in [-0.25, -0.2) is 4.98 Å². The Morgan fingerprint density at radius 1 is 0.968 bits per heavy atom. The van der Waals surface area contributed by atoms with E-state index in [4.69, 9.17) is 4.98 Å². The van der Waals surface area contributed by atoms with Crippen LogP contribution in [-0.2, 0) is 17.8 Å². The largest absolute Gasteiger partial charge is 0.333 e. The average Bonchev–Trinajstić information content (AvgIpc) is 2.74. The zero-order valence-electron chi connectivity index (χ0n) is 18.3. The Kier molecular flexibility index (Phi) is 5.55. The molecule has 1 amide bonds. The van der Waals surface area contributed by atoms with Gasteiger partial charge in [0.25, 0.3) is 5.56 Å². The number of rotatable bonds is 5. The molecule has 31 heavy (non-hydrogen) atoms. The lowest BCUT2D eigenvalue weighted by Gasteiger charge is -2.27. The third-order valence-corrected chi connectivity index (χ3v) is 5.74. The Bertz CT molecular complexity index is 1340. The molecule has 0 aliphatic rings. The average molecular weight is 415 g/mol. The number of carbonyl (C=O) groups excluding carboxylic acids is 1. The van der Waals surface area contributed by atoms with Crippen LogP contribution in [0.3, 0.4) is 0 Å². The molecular weight excluding hydrogens is 388 g/mol. The summed E-state index contributed by atoms with van der Waals surface area (Å²) in [6.45, 7) is 8.17. The van der Waals surface area contributed by atoms with Gasteiger partial charge in [0.2, 0.25) is 5.91 Å². The molecule has 2 aromatic carbocycles. The Morgan fingerprint density at radius 3 is 2.26 bits per heavy atom. The van der Waals surface area contributed by atoms with Gasteiger partial charge in [0, 0.05) is 17.1 Å². The first kappa shape index (κ1) is 20.7. The van der Waals surface area contributed by atoms with Gasteiger partial charge in [-0.3, -0.25) is 14.6 Å². The van der Waals surface area contributed by atoms with Crippen molar-refractivity contribution in [2.24, 2.45) is 0 Å². The number of H-pyrrole nitrogens is 1. The van der Waals surface area contributed by atoms with Gasteiger partial charge in [-0.05, 0) is 57.0 Å². The molecule has 0 aliphatic carbocycles. The van der Waals surface area contributed by atoms with Crippen LogP contribution in [0.25, 0.3) is 21.8 Å². The molecule has 4 rings (SSSR count). The van der Waals surface area contributed by atoms with Crippen LogP contribution in [0.2, 0.25) is 0 Å². The van der Waals surface area contributed by atoms with Crippen LogP contribution in [0.15, 0.2) is 53.3 Å². The SMILES string of the molecule is Cc1nc2ccccc2c(C)c1CC(=O)N(Cc1nc2ccccc2c(=O)[nH]1)C(C)C. The number of aryl methyl sites for hydroxylation is 2. The molecule has 0 saturated heterocycles. The van der Waals surface area contributed by atoms with Crippen molar-refractivity contribution in [1.29, 1.82) is 0 Å². The van der Waals surface area contributed by atoms with E-state index in [0.29, 0.717) is 16.7 Å². The molecule has 0 unspecified atom stereocenters. The summed E-state index contributed by atoms with van der Waals surface area (Å²) in [4.78, 5) is 39.6. The highest BCUT2D eigenvalue weighted by molar-refractivity contribution is 5.86. The van der Waals surface area contributed by atoms with Crippen molar-refractivity contribution >= 4 is 27.7 Å². The van der Waals surface area contributed by atoms with Crippen molar-refractivity contribution in [1.82, 2.24) is 19.9 Å². The standard InChI is InChI=1S/C25H26N4O2/c1-15(2)29(14-23-27-22-12-8-6-10-19(22)25(31)28-23)24(30)13-20-16(3)18-9-5-7-11-21(18)26-17(20)4/h5-12,15H,13-14H2,1-4H3,(H,27,28,31). The van der Waals surface area contributed by atoms with Gasteiger partial charge in [-0.15, -0.1) is 0 Å². The fourth-order valence-electron chi connectivity index (χ4n) is 4.01. The van der Waals surface area contributed by atoms with Crippen LogP contribution in [0.1, 0.15) is 36.5 Å². The zero-order chi connectivity index (χ0) is 22.1. The number of nitrogens with one attached hydrogen (secondary N) is 1. The molecule has 1 N–H and O–H groups in total. The van der Waals surface area contributed by atoms with Crippen LogP contribution in [0.4, 0.5) is 0 Å². The van der Waals surface area contributed by atoms with E-state index in [1.807, 2.05) is 70.2 Å². The topological polar surface area (TPSA) is 79.0 Å². The van der Waals surface area contributed by atoms with E-state index >= 15 is 0 Å². The molecule has 4 aromatic rings. The Morgan fingerprint density at radius 2 is 1.58 bits per heavy atom. The monoisotopic (exact) mass is 414 g/mol. The molecule has 158 valence electrons. The van der Waals surface area contributed by atoms with Crippen molar-refractivity contribution in [3.05, 3.63) is 81.5 Å². The van der Waals surface area contributed by atoms with Crippen LogP contribution in [-0.4, -0.2) is 31.8 Å². The van der Waals surface area contributed by atoms with Gasteiger partial charge in [-0.1, -0.05) is 30.3 Å². The number of nitrogens with zero attached hydrogens (tertiary/aromatic N) is 3. The Balaban J connectivity index is 1.65. The maximum Gasteiger partial charge on any atom is 0.258 e. The quantitative estimate of drug-likeness (QED) is 0.534. The summed E-state index contributed by atoms with van der Waals surface area (Å²) < 4.78 is 0. The van der Waals surface area contributed by atoms with Gasteiger partial charge >= 0.3 is 0 Å². The summed E-state index contributed by atoms with van der Waals surface area (Å²) in [7, 11) is 0. The van der Waals surface area contributed by atoms with Gasteiger partial charge in [0.05, 0.1) is 29.4 Å². The van der Waals surface area contributed by atoms with Crippen LogP contribution >= 0.6 is 0 Å². The molecule has 0 saturated carbocycles. The first-order valence-corrected chi connectivity index (χ1v) is 10.5. The van der Waals surface area contributed by atoms with Crippen LogP contribution < -0.4 is 5.56 Å². The predicted octanol–water partition coefficient (Wildman–Crippen LogP) is 4.07. The number of hydrogen-bond acceptors (Lipinski definition) is 4. The van der Waals surface area contributed by atoms with Gasteiger partial charge in [0.1, 0.15) is 5.82 Å². The first-order chi connectivity index (χ1) is 14.8. The molecule has 0 atom stereocenters. The number of carbonyl (C=O) groups is 1.